The van der Waals surface area contributed by atoms with Crippen molar-refractivity contribution in [2.24, 2.45) is 0 Å². The summed E-state index contributed by atoms with van der Waals surface area (Å²) in [5.41, 5.74) is 12.1. The molecule has 0 amide bonds. The topological polar surface area (TPSA) is 81.5 Å². The Morgan fingerprint density at radius 3 is 1.65 bits per heavy atom. The van der Waals surface area contributed by atoms with Crippen LogP contribution in [0.2, 0.25) is 0 Å². The van der Waals surface area contributed by atoms with Crippen LogP contribution in [-0.2, 0) is 0 Å². The van der Waals surface area contributed by atoms with Gasteiger partial charge in [-0.1, -0.05) is 12.1 Å². The number of phenolic OH excluding ortho intramolecular Hbond substituents is 1. The van der Waals surface area contributed by atoms with Crippen LogP contribution in [0.1, 0.15) is 0 Å². The second kappa shape index (κ2) is 6.55. The molecule has 7 heteroatoms. The monoisotopic (exact) mass is 286 g/mol. The predicted octanol–water partition coefficient (Wildman–Crippen LogP) is 3.14. The van der Waals surface area contributed by atoms with E-state index in [2.05, 4.69) is 4.74 Å². The number of anilines is 2. The molecule has 0 saturated heterocycles. The first-order valence-electron chi connectivity index (χ1n) is 5.42. The van der Waals surface area contributed by atoms with Gasteiger partial charge in [0.15, 0.2) is 0 Å². The van der Waals surface area contributed by atoms with Crippen molar-refractivity contribution in [1.82, 2.24) is 0 Å². The van der Waals surface area contributed by atoms with Crippen LogP contribution in [-0.4, -0.2) is 11.5 Å². The van der Waals surface area contributed by atoms with Gasteiger partial charge in [-0.3, -0.25) is 0 Å². The average molecular weight is 286 g/mol. The Kier molecular flexibility index (Phi) is 5.08. The van der Waals surface area contributed by atoms with Gasteiger partial charge in [0.05, 0.1) is 11.4 Å². The lowest BCUT2D eigenvalue weighted by Gasteiger charge is -2.07. The fraction of sp³-hybridized carbons (Fsp3) is 0.0769. The van der Waals surface area contributed by atoms with Gasteiger partial charge in [0.25, 0.3) is 0 Å². The van der Waals surface area contributed by atoms with Crippen LogP contribution in [0, 0.1) is 0 Å². The molecule has 0 bridgehead atoms. The molecule has 0 aliphatic carbocycles. The molecule has 2 rings (SSSR count). The third kappa shape index (κ3) is 5.85. The maximum absolute atomic E-state index is 11.6. The molecule has 0 heterocycles. The molecule has 2 aromatic rings. The molecule has 0 saturated carbocycles. The van der Waals surface area contributed by atoms with Crippen molar-refractivity contribution in [3.05, 3.63) is 48.5 Å². The zero-order chi connectivity index (χ0) is 15.2. The summed E-state index contributed by atoms with van der Waals surface area (Å²) in [6, 6.07) is 11.5. The molecule has 0 radical (unpaired) electrons. The van der Waals surface area contributed by atoms with E-state index in [0.717, 1.165) is 24.3 Å². The highest BCUT2D eigenvalue weighted by atomic mass is 19.4. The quantitative estimate of drug-likeness (QED) is 0.703. The number of nitrogens with two attached hydrogens (primary N) is 2. The summed E-state index contributed by atoms with van der Waals surface area (Å²) in [6.07, 6.45) is -4.68. The first-order chi connectivity index (χ1) is 9.28. The Labute approximate surface area is 113 Å². The van der Waals surface area contributed by atoms with Gasteiger partial charge >= 0.3 is 6.36 Å². The van der Waals surface area contributed by atoms with E-state index in [1.54, 1.807) is 12.1 Å². The fourth-order valence-electron chi connectivity index (χ4n) is 1.16. The van der Waals surface area contributed by atoms with Gasteiger partial charge in [-0.05, 0) is 36.4 Å². The first-order valence-corrected chi connectivity index (χ1v) is 5.42. The highest BCUT2D eigenvalue weighted by Gasteiger charge is 2.30. The maximum Gasteiger partial charge on any atom is 0.573 e. The number of rotatable bonds is 1. The summed E-state index contributed by atoms with van der Waals surface area (Å²) >= 11 is 0. The van der Waals surface area contributed by atoms with Crippen LogP contribution in [0.5, 0.6) is 11.5 Å². The highest BCUT2D eigenvalue weighted by Crippen LogP contribution is 2.23. The third-order valence-electron chi connectivity index (χ3n) is 2.07. The van der Waals surface area contributed by atoms with Gasteiger partial charge in [-0.15, -0.1) is 13.2 Å². The van der Waals surface area contributed by atoms with Gasteiger partial charge in [0.2, 0.25) is 0 Å². The number of benzene rings is 2. The van der Waals surface area contributed by atoms with E-state index >= 15 is 0 Å². The molecule has 0 unspecified atom stereocenters. The van der Waals surface area contributed by atoms with Crippen molar-refractivity contribution in [2.45, 2.75) is 6.36 Å². The second-order valence-electron chi connectivity index (χ2n) is 3.67. The van der Waals surface area contributed by atoms with Gasteiger partial charge in [-0.25, -0.2) is 0 Å². The molecule has 2 aromatic carbocycles. The standard InChI is InChI=1S/C7H5F3O2.C6H8N2/c8-7(9,10)12-6-3-1-5(11)2-4-6;7-5-3-1-2-4-6(5)8/h1-4,11H;1-4H,7-8H2. The molecule has 0 aromatic heterocycles. The number of alkyl halides is 3. The second-order valence-corrected chi connectivity index (χ2v) is 3.67. The minimum Gasteiger partial charge on any atom is -0.508 e. The molecule has 4 nitrogen and oxygen atoms in total. The van der Waals surface area contributed by atoms with Crippen molar-refractivity contribution >= 4 is 11.4 Å². The van der Waals surface area contributed by atoms with E-state index in [0.29, 0.717) is 11.4 Å². The number of hydrogen-bond acceptors (Lipinski definition) is 4. The van der Waals surface area contributed by atoms with Crippen molar-refractivity contribution in [3.8, 4) is 11.5 Å². The van der Waals surface area contributed by atoms with Gasteiger partial charge in [0.1, 0.15) is 11.5 Å². The highest BCUT2D eigenvalue weighted by molar-refractivity contribution is 5.62. The number of aromatic hydroxyl groups is 1. The summed E-state index contributed by atoms with van der Waals surface area (Å²) in [5, 5.41) is 8.72. The number of hydrogen-bond donors (Lipinski definition) is 3. The SMILES string of the molecule is Nc1ccccc1N.Oc1ccc(OC(F)(F)F)cc1. The van der Waals surface area contributed by atoms with Gasteiger partial charge in [0, 0.05) is 0 Å². The van der Waals surface area contributed by atoms with E-state index in [1.165, 1.54) is 0 Å². The fourth-order valence-corrected chi connectivity index (χ4v) is 1.16. The number of ether oxygens (including phenoxy) is 1. The van der Waals surface area contributed by atoms with Gasteiger partial charge < -0.3 is 21.3 Å². The summed E-state index contributed by atoms with van der Waals surface area (Å²) < 4.78 is 38.2. The number of phenols is 1. The Bertz CT molecular complexity index is 521. The molecule has 0 aliphatic rings. The predicted molar refractivity (Wildman–Crippen MR) is 70.1 cm³/mol. The summed E-state index contributed by atoms with van der Waals surface area (Å²) in [6.45, 7) is 0. The molecule has 0 fully saturated rings. The summed E-state index contributed by atoms with van der Waals surface area (Å²) in [7, 11) is 0. The molecular formula is C13H13F3N2O2. The molecule has 108 valence electrons. The summed E-state index contributed by atoms with van der Waals surface area (Å²) in [4.78, 5) is 0. The molecule has 0 aliphatic heterocycles. The zero-order valence-corrected chi connectivity index (χ0v) is 10.3. The largest absolute Gasteiger partial charge is 0.573 e. The van der Waals surface area contributed by atoms with Crippen LogP contribution >= 0.6 is 0 Å². The number of para-hydroxylation sites is 2. The van der Waals surface area contributed by atoms with Gasteiger partial charge in [-0.2, -0.15) is 0 Å². The maximum atomic E-state index is 11.6. The van der Waals surface area contributed by atoms with E-state index in [1.807, 2.05) is 12.1 Å². The first kappa shape index (κ1) is 15.5. The Hall–Kier alpha value is -2.57. The van der Waals surface area contributed by atoms with E-state index in [-0.39, 0.29) is 11.5 Å². The Balaban J connectivity index is 0.000000217. The minimum atomic E-state index is -4.68. The van der Waals surface area contributed by atoms with E-state index in [9.17, 15) is 13.2 Å². The molecule has 20 heavy (non-hydrogen) atoms. The van der Waals surface area contributed by atoms with Crippen molar-refractivity contribution in [3.63, 3.8) is 0 Å². The van der Waals surface area contributed by atoms with Crippen molar-refractivity contribution < 1.29 is 23.0 Å². The van der Waals surface area contributed by atoms with E-state index in [4.69, 9.17) is 16.6 Å². The van der Waals surface area contributed by atoms with Crippen LogP contribution < -0.4 is 16.2 Å². The van der Waals surface area contributed by atoms with Crippen LogP contribution in [0.3, 0.4) is 0 Å². The van der Waals surface area contributed by atoms with E-state index < -0.39 is 6.36 Å². The minimum absolute atomic E-state index is 0.107. The molecule has 5 N–H and O–H groups in total. The van der Waals surface area contributed by atoms with Crippen LogP contribution in [0.15, 0.2) is 48.5 Å². The average Bonchev–Trinajstić information content (AvgIpc) is 2.35. The third-order valence-corrected chi connectivity index (χ3v) is 2.07. The molecule has 0 spiro atoms. The Morgan fingerprint density at radius 2 is 1.30 bits per heavy atom. The number of halogens is 3. The van der Waals surface area contributed by atoms with Crippen molar-refractivity contribution in [1.29, 1.82) is 0 Å². The number of nitrogen functional groups attached to an aromatic ring is 2. The Morgan fingerprint density at radius 1 is 0.850 bits per heavy atom. The normalized spacial score (nSPS) is 10.3. The van der Waals surface area contributed by atoms with Crippen LogP contribution in [0.4, 0.5) is 24.5 Å². The lowest BCUT2D eigenvalue weighted by atomic mass is 10.3. The molecular weight excluding hydrogens is 273 g/mol. The molecule has 0 atom stereocenters. The lowest BCUT2D eigenvalue weighted by molar-refractivity contribution is -0.274. The zero-order valence-electron chi connectivity index (χ0n) is 10.3. The lowest BCUT2D eigenvalue weighted by Crippen LogP contribution is -2.16. The summed E-state index contributed by atoms with van der Waals surface area (Å²) in [5.74, 6) is -0.454. The van der Waals surface area contributed by atoms with Crippen LogP contribution in [0.25, 0.3) is 0 Å². The smallest absolute Gasteiger partial charge is 0.508 e. The van der Waals surface area contributed by atoms with Crippen molar-refractivity contribution in [2.75, 3.05) is 11.5 Å².